The van der Waals surface area contributed by atoms with Crippen molar-refractivity contribution in [2.24, 2.45) is 0 Å². The second-order valence-electron chi connectivity index (χ2n) is 3.59. The fraction of sp³-hybridized carbons (Fsp3) is 0.0769. The number of nitrogen functional groups attached to an aromatic ring is 1. The lowest BCUT2D eigenvalue weighted by molar-refractivity contribution is 1.44. The summed E-state index contributed by atoms with van der Waals surface area (Å²) in [5.41, 5.74) is 8.59. The van der Waals surface area contributed by atoms with Gasteiger partial charge in [0.1, 0.15) is 0 Å². The molecule has 0 saturated carbocycles. The van der Waals surface area contributed by atoms with Crippen molar-refractivity contribution in [2.45, 2.75) is 4.90 Å². The second kappa shape index (κ2) is 5.47. The molecule has 0 saturated heterocycles. The molecule has 0 aliphatic heterocycles. The van der Waals surface area contributed by atoms with Gasteiger partial charge in [-0.05, 0) is 48.7 Å². The number of nitrogens with two attached hydrogens (primary N) is 1. The topological polar surface area (TPSA) is 38.0 Å². The minimum absolute atomic E-state index is 0.738. The van der Waals surface area contributed by atoms with Crippen LogP contribution in [0.5, 0.6) is 0 Å². The van der Waals surface area contributed by atoms with Gasteiger partial charge in [-0.2, -0.15) is 0 Å². The first-order chi connectivity index (χ1) is 8.19. The van der Waals surface area contributed by atoms with Crippen LogP contribution in [-0.4, -0.2) is 6.26 Å². The van der Waals surface area contributed by atoms with Crippen molar-refractivity contribution in [3.8, 4) is 0 Å². The van der Waals surface area contributed by atoms with Crippen molar-refractivity contribution in [1.82, 2.24) is 0 Å². The number of nitrogens with one attached hydrogen (secondary N) is 1. The van der Waals surface area contributed by atoms with Crippen LogP contribution in [0.2, 0.25) is 0 Å². The zero-order valence-electron chi connectivity index (χ0n) is 9.41. The molecular weight excluding hydrogens is 296 g/mol. The van der Waals surface area contributed by atoms with Gasteiger partial charge in [-0.25, -0.2) is 0 Å². The molecule has 2 nitrogen and oxygen atoms in total. The second-order valence-corrected chi connectivity index (χ2v) is 5.38. The van der Waals surface area contributed by atoms with Crippen molar-refractivity contribution >= 4 is 44.8 Å². The van der Waals surface area contributed by atoms with Gasteiger partial charge < -0.3 is 11.1 Å². The van der Waals surface area contributed by atoms with Crippen molar-refractivity contribution in [3.63, 3.8) is 0 Å². The third kappa shape index (κ3) is 3.17. The van der Waals surface area contributed by atoms with Crippen LogP contribution in [0.15, 0.2) is 51.8 Å². The van der Waals surface area contributed by atoms with Crippen LogP contribution in [0, 0.1) is 0 Å². The van der Waals surface area contributed by atoms with E-state index in [0.29, 0.717) is 0 Å². The van der Waals surface area contributed by atoms with E-state index in [2.05, 4.69) is 39.6 Å². The van der Waals surface area contributed by atoms with Gasteiger partial charge >= 0.3 is 0 Å². The third-order valence-corrected chi connectivity index (χ3v) is 3.62. The molecule has 0 bridgehead atoms. The Kier molecular flexibility index (Phi) is 3.97. The molecule has 17 heavy (non-hydrogen) atoms. The summed E-state index contributed by atoms with van der Waals surface area (Å²) in [6.07, 6.45) is 2.06. The van der Waals surface area contributed by atoms with Gasteiger partial charge in [0.05, 0.1) is 11.4 Å². The first-order valence-electron chi connectivity index (χ1n) is 5.15. The Labute approximate surface area is 114 Å². The Hall–Kier alpha value is -1.13. The zero-order chi connectivity index (χ0) is 12.3. The van der Waals surface area contributed by atoms with Gasteiger partial charge in [-0.1, -0.05) is 15.9 Å². The molecule has 0 fully saturated rings. The van der Waals surface area contributed by atoms with E-state index in [-0.39, 0.29) is 0 Å². The highest BCUT2D eigenvalue weighted by Crippen LogP contribution is 2.27. The molecule has 0 spiro atoms. The van der Waals surface area contributed by atoms with E-state index >= 15 is 0 Å². The first-order valence-corrected chi connectivity index (χ1v) is 7.17. The number of anilines is 3. The Balaban J connectivity index is 2.22. The normalized spacial score (nSPS) is 10.2. The first kappa shape index (κ1) is 12.3. The molecule has 4 heteroatoms. The molecule has 88 valence electrons. The van der Waals surface area contributed by atoms with Crippen LogP contribution in [0.1, 0.15) is 0 Å². The molecule has 2 rings (SSSR count). The summed E-state index contributed by atoms with van der Waals surface area (Å²) in [6, 6.07) is 14.0. The monoisotopic (exact) mass is 308 g/mol. The minimum atomic E-state index is 0.738. The number of hydrogen-bond donors (Lipinski definition) is 2. The summed E-state index contributed by atoms with van der Waals surface area (Å²) in [5.74, 6) is 0. The highest BCUT2D eigenvalue weighted by molar-refractivity contribution is 9.10. The van der Waals surface area contributed by atoms with Gasteiger partial charge in [0, 0.05) is 15.1 Å². The van der Waals surface area contributed by atoms with Gasteiger partial charge in [0.15, 0.2) is 0 Å². The summed E-state index contributed by atoms with van der Waals surface area (Å²) in [5, 5.41) is 3.30. The van der Waals surface area contributed by atoms with E-state index in [0.717, 1.165) is 21.5 Å². The molecule has 0 amide bonds. The van der Waals surface area contributed by atoms with E-state index in [1.165, 1.54) is 4.90 Å². The molecule has 0 aromatic heterocycles. The number of rotatable bonds is 3. The summed E-state index contributed by atoms with van der Waals surface area (Å²) < 4.78 is 1.01. The van der Waals surface area contributed by atoms with E-state index in [4.69, 9.17) is 5.73 Å². The Bertz CT molecular complexity index is 511. The SMILES string of the molecule is CSc1ccc(Nc2cc(Br)ccc2N)cc1. The van der Waals surface area contributed by atoms with Crippen LogP contribution in [0.3, 0.4) is 0 Å². The van der Waals surface area contributed by atoms with Crippen LogP contribution in [0.25, 0.3) is 0 Å². The smallest absolute Gasteiger partial charge is 0.0629 e. The predicted octanol–water partition coefficient (Wildman–Crippen LogP) is 4.50. The maximum atomic E-state index is 5.91. The highest BCUT2D eigenvalue weighted by Gasteiger charge is 2.00. The molecular formula is C13H13BrN2S. The fourth-order valence-corrected chi connectivity index (χ4v) is 2.24. The third-order valence-electron chi connectivity index (χ3n) is 2.38. The van der Waals surface area contributed by atoms with E-state index in [1.54, 1.807) is 11.8 Å². The van der Waals surface area contributed by atoms with Crippen LogP contribution in [-0.2, 0) is 0 Å². The van der Waals surface area contributed by atoms with Crippen molar-refractivity contribution in [3.05, 3.63) is 46.9 Å². The maximum absolute atomic E-state index is 5.91. The molecule has 0 aliphatic rings. The number of thioether (sulfide) groups is 1. The molecule has 0 unspecified atom stereocenters. The number of halogens is 1. The summed E-state index contributed by atoms with van der Waals surface area (Å²) in [6.45, 7) is 0. The number of hydrogen-bond acceptors (Lipinski definition) is 3. The van der Waals surface area contributed by atoms with Gasteiger partial charge in [0.2, 0.25) is 0 Å². The van der Waals surface area contributed by atoms with Gasteiger partial charge in [-0.3, -0.25) is 0 Å². The lowest BCUT2D eigenvalue weighted by Crippen LogP contribution is -1.95. The molecule has 0 atom stereocenters. The molecule has 0 heterocycles. The quantitative estimate of drug-likeness (QED) is 0.648. The van der Waals surface area contributed by atoms with E-state index < -0.39 is 0 Å². The average Bonchev–Trinajstić information content (AvgIpc) is 2.35. The zero-order valence-corrected chi connectivity index (χ0v) is 11.8. The molecule has 3 N–H and O–H groups in total. The highest BCUT2D eigenvalue weighted by atomic mass is 79.9. The fourth-order valence-electron chi connectivity index (χ4n) is 1.47. The summed E-state index contributed by atoms with van der Waals surface area (Å²) in [7, 11) is 0. The molecule has 0 radical (unpaired) electrons. The maximum Gasteiger partial charge on any atom is 0.0629 e. The number of benzene rings is 2. The van der Waals surface area contributed by atoms with E-state index in [9.17, 15) is 0 Å². The van der Waals surface area contributed by atoms with Crippen molar-refractivity contribution < 1.29 is 0 Å². The molecule has 2 aromatic rings. The Morgan fingerprint density at radius 1 is 1.12 bits per heavy atom. The lowest BCUT2D eigenvalue weighted by atomic mass is 10.2. The minimum Gasteiger partial charge on any atom is -0.397 e. The standard InChI is InChI=1S/C13H13BrN2S/c1-17-11-5-3-10(4-6-11)16-13-8-9(14)2-7-12(13)15/h2-8,16H,15H2,1H3. The van der Waals surface area contributed by atoms with Crippen LogP contribution >= 0.6 is 27.7 Å². The largest absolute Gasteiger partial charge is 0.397 e. The van der Waals surface area contributed by atoms with Gasteiger partial charge in [0.25, 0.3) is 0 Å². The Morgan fingerprint density at radius 2 is 1.82 bits per heavy atom. The summed E-state index contributed by atoms with van der Waals surface area (Å²) in [4.78, 5) is 1.25. The van der Waals surface area contributed by atoms with Gasteiger partial charge in [-0.15, -0.1) is 11.8 Å². The average molecular weight is 309 g/mol. The van der Waals surface area contributed by atoms with Crippen LogP contribution < -0.4 is 11.1 Å². The molecule has 2 aromatic carbocycles. The summed E-state index contributed by atoms with van der Waals surface area (Å²) >= 11 is 5.16. The predicted molar refractivity (Wildman–Crippen MR) is 80.1 cm³/mol. The van der Waals surface area contributed by atoms with E-state index in [1.807, 2.05) is 30.3 Å². The van der Waals surface area contributed by atoms with Crippen LogP contribution in [0.4, 0.5) is 17.1 Å². The van der Waals surface area contributed by atoms with Crippen molar-refractivity contribution in [1.29, 1.82) is 0 Å². The van der Waals surface area contributed by atoms with Crippen molar-refractivity contribution in [2.75, 3.05) is 17.3 Å². The molecule has 0 aliphatic carbocycles. The Morgan fingerprint density at radius 3 is 2.47 bits per heavy atom. The lowest BCUT2D eigenvalue weighted by Gasteiger charge is -2.10.